The third kappa shape index (κ3) is 3.62. The number of rotatable bonds is 6. The number of benzene rings is 2. The number of fused-ring (bicyclic) bond motifs is 1. The molecule has 0 aromatic heterocycles. The third-order valence-electron chi connectivity index (χ3n) is 4.61. The first kappa shape index (κ1) is 19.2. The molecule has 0 bridgehead atoms. The minimum absolute atomic E-state index is 0.0250. The molecule has 0 radical (unpaired) electrons. The van der Waals surface area contributed by atoms with E-state index in [9.17, 15) is 24.5 Å². The molecule has 0 fully saturated rings. The number of esters is 1. The topological polar surface area (TPSA) is 107 Å². The lowest BCUT2D eigenvalue weighted by molar-refractivity contribution is -0.385. The molecule has 2 aromatic rings. The van der Waals surface area contributed by atoms with Crippen LogP contribution in [0.4, 0.5) is 5.69 Å². The van der Waals surface area contributed by atoms with Crippen LogP contribution in [-0.2, 0) is 16.1 Å². The van der Waals surface area contributed by atoms with E-state index in [1.807, 2.05) is 32.0 Å². The molecule has 1 heterocycles. The minimum Gasteiger partial charge on any atom is -0.461 e. The Morgan fingerprint density at radius 2 is 1.89 bits per heavy atom. The molecule has 0 N–H and O–H groups in total. The van der Waals surface area contributed by atoms with Crippen molar-refractivity contribution in [1.82, 2.24) is 4.90 Å². The number of amides is 2. The van der Waals surface area contributed by atoms with E-state index in [2.05, 4.69) is 0 Å². The fraction of sp³-hybridized carbons (Fsp3) is 0.250. The van der Waals surface area contributed by atoms with Gasteiger partial charge in [0.1, 0.15) is 12.2 Å². The van der Waals surface area contributed by atoms with Gasteiger partial charge in [-0.2, -0.15) is 0 Å². The summed E-state index contributed by atoms with van der Waals surface area (Å²) in [4.78, 5) is 48.1. The molecule has 28 heavy (non-hydrogen) atoms. The van der Waals surface area contributed by atoms with Crippen LogP contribution in [0.25, 0.3) is 0 Å². The fourth-order valence-electron chi connectivity index (χ4n) is 3.06. The van der Waals surface area contributed by atoms with E-state index in [1.165, 1.54) is 18.2 Å². The Kier molecular flexibility index (Phi) is 5.21. The van der Waals surface area contributed by atoms with Crippen LogP contribution in [0, 0.1) is 24.0 Å². The number of hydrogen-bond acceptors (Lipinski definition) is 6. The predicted octanol–water partition coefficient (Wildman–Crippen LogP) is 2.94. The van der Waals surface area contributed by atoms with Crippen molar-refractivity contribution in [3.05, 3.63) is 74.3 Å². The van der Waals surface area contributed by atoms with Gasteiger partial charge in [0.25, 0.3) is 17.5 Å². The lowest BCUT2D eigenvalue weighted by Crippen LogP contribution is -2.32. The Hall–Kier alpha value is -3.55. The Labute approximate surface area is 160 Å². The average molecular weight is 382 g/mol. The van der Waals surface area contributed by atoms with E-state index in [1.54, 1.807) is 0 Å². The summed E-state index contributed by atoms with van der Waals surface area (Å²) >= 11 is 0. The third-order valence-corrected chi connectivity index (χ3v) is 4.61. The Balaban J connectivity index is 1.63. The van der Waals surface area contributed by atoms with Crippen molar-refractivity contribution in [3.63, 3.8) is 0 Å². The van der Waals surface area contributed by atoms with Gasteiger partial charge in [-0.25, -0.2) is 0 Å². The molecule has 1 aliphatic rings. The SMILES string of the molecule is Cc1ccc(C)c(COC(=O)CCN2C(=O)c3cccc([N+](=O)[O-])c3C2=O)c1. The second-order valence-corrected chi connectivity index (χ2v) is 6.56. The standard InChI is InChI=1S/C20H18N2O6/c1-12-6-7-13(2)14(10-12)11-28-17(23)8-9-21-19(24)15-4-3-5-16(22(26)27)18(15)20(21)25/h3-7,10H,8-9,11H2,1-2H3. The molecule has 0 spiro atoms. The van der Waals surface area contributed by atoms with Crippen molar-refractivity contribution in [3.8, 4) is 0 Å². The highest BCUT2D eigenvalue weighted by Crippen LogP contribution is 2.30. The largest absolute Gasteiger partial charge is 0.461 e. The summed E-state index contributed by atoms with van der Waals surface area (Å²) in [5.41, 5.74) is 2.24. The summed E-state index contributed by atoms with van der Waals surface area (Å²) in [7, 11) is 0. The van der Waals surface area contributed by atoms with Crippen molar-refractivity contribution in [2.75, 3.05) is 6.54 Å². The van der Waals surface area contributed by atoms with Crippen molar-refractivity contribution in [1.29, 1.82) is 0 Å². The molecule has 0 unspecified atom stereocenters. The fourth-order valence-corrected chi connectivity index (χ4v) is 3.06. The number of carbonyl (C=O) groups excluding carboxylic acids is 3. The maximum atomic E-state index is 12.5. The zero-order valence-corrected chi connectivity index (χ0v) is 15.4. The summed E-state index contributed by atoms with van der Waals surface area (Å²) in [6.45, 7) is 3.75. The van der Waals surface area contributed by atoms with Crippen molar-refractivity contribution in [2.24, 2.45) is 0 Å². The minimum atomic E-state index is -0.769. The van der Waals surface area contributed by atoms with Gasteiger partial charge in [-0.3, -0.25) is 29.4 Å². The molecule has 2 aromatic carbocycles. The van der Waals surface area contributed by atoms with Crippen LogP contribution in [0.5, 0.6) is 0 Å². The van der Waals surface area contributed by atoms with Gasteiger partial charge < -0.3 is 4.74 Å². The zero-order chi connectivity index (χ0) is 20.4. The quantitative estimate of drug-likeness (QED) is 0.329. The number of carbonyl (C=O) groups is 3. The number of hydrogen-bond donors (Lipinski definition) is 0. The van der Waals surface area contributed by atoms with Crippen molar-refractivity contribution < 1.29 is 24.0 Å². The van der Waals surface area contributed by atoms with E-state index in [-0.39, 0.29) is 30.7 Å². The van der Waals surface area contributed by atoms with Crippen LogP contribution < -0.4 is 0 Å². The van der Waals surface area contributed by atoms with Gasteiger partial charge in [0, 0.05) is 12.6 Å². The van der Waals surface area contributed by atoms with Gasteiger partial charge in [-0.05, 0) is 31.0 Å². The molecule has 144 valence electrons. The maximum absolute atomic E-state index is 12.5. The first-order chi connectivity index (χ1) is 13.3. The number of aryl methyl sites for hydroxylation is 2. The lowest BCUT2D eigenvalue weighted by atomic mass is 10.1. The number of nitro groups is 1. The molecule has 0 aliphatic carbocycles. The normalized spacial score (nSPS) is 12.9. The summed E-state index contributed by atoms with van der Waals surface area (Å²) in [5.74, 6) is -1.98. The maximum Gasteiger partial charge on any atom is 0.307 e. The van der Waals surface area contributed by atoms with Gasteiger partial charge in [0.15, 0.2) is 0 Å². The molecule has 3 rings (SSSR count). The number of nitrogens with zero attached hydrogens (tertiary/aromatic N) is 2. The van der Waals surface area contributed by atoms with Gasteiger partial charge in [-0.15, -0.1) is 0 Å². The molecular weight excluding hydrogens is 364 g/mol. The Morgan fingerprint density at radius 1 is 1.14 bits per heavy atom. The Morgan fingerprint density at radius 3 is 2.61 bits per heavy atom. The average Bonchev–Trinajstić information content (AvgIpc) is 2.91. The zero-order valence-electron chi connectivity index (χ0n) is 15.4. The smallest absolute Gasteiger partial charge is 0.307 e. The van der Waals surface area contributed by atoms with E-state index in [0.717, 1.165) is 21.6 Å². The predicted molar refractivity (Wildman–Crippen MR) is 98.8 cm³/mol. The van der Waals surface area contributed by atoms with E-state index in [4.69, 9.17) is 4.74 Å². The van der Waals surface area contributed by atoms with Crippen molar-refractivity contribution >= 4 is 23.5 Å². The molecule has 8 nitrogen and oxygen atoms in total. The van der Waals surface area contributed by atoms with E-state index in [0.29, 0.717) is 0 Å². The molecule has 2 amide bonds. The second kappa shape index (κ2) is 7.59. The molecule has 8 heteroatoms. The highest BCUT2D eigenvalue weighted by atomic mass is 16.6. The van der Waals surface area contributed by atoms with Crippen LogP contribution in [0.3, 0.4) is 0 Å². The van der Waals surface area contributed by atoms with Crippen LogP contribution >= 0.6 is 0 Å². The van der Waals surface area contributed by atoms with Gasteiger partial charge >= 0.3 is 5.97 Å². The number of imide groups is 1. The van der Waals surface area contributed by atoms with Crippen LogP contribution in [0.15, 0.2) is 36.4 Å². The summed E-state index contributed by atoms with van der Waals surface area (Å²) in [6.07, 6.45) is -0.190. The molecule has 0 saturated carbocycles. The van der Waals surface area contributed by atoms with E-state index < -0.39 is 28.4 Å². The summed E-state index contributed by atoms with van der Waals surface area (Å²) < 4.78 is 5.24. The highest BCUT2D eigenvalue weighted by molar-refractivity contribution is 6.23. The lowest BCUT2D eigenvalue weighted by Gasteiger charge is -2.13. The van der Waals surface area contributed by atoms with Crippen molar-refractivity contribution in [2.45, 2.75) is 26.9 Å². The molecule has 1 aliphatic heterocycles. The van der Waals surface area contributed by atoms with Crippen LogP contribution in [0.2, 0.25) is 0 Å². The van der Waals surface area contributed by atoms with Crippen LogP contribution in [-0.4, -0.2) is 34.2 Å². The van der Waals surface area contributed by atoms with Gasteiger partial charge in [0.2, 0.25) is 0 Å². The van der Waals surface area contributed by atoms with Crippen LogP contribution in [0.1, 0.15) is 43.8 Å². The number of ether oxygens (including phenoxy) is 1. The highest BCUT2D eigenvalue weighted by Gasteiger charge is 2.40. The van der Waals surface area contributed by atoms with E-state index >= 15 is 0 Å². The Bertz CT molecular complexity index is 998. The summed E-state index contributed by atoms with van der Waals surface area (Å²) in [5, 5.41) is 11.1. The first-order valence-corrected chi connectivity index (χ1v) is 8.65. The second-order valence-electron chi connectivity index (χ2n) is 6.56. The number of nitro benzene ring substituents is 1. The molecule has 0 saturated heterocycles. The molecular formula is C20H18N2O6. The summed E-state index contributed by atoms with van der Waals surface area (Å²) in [6, 6.07) is 9.70. The monoisotopic (exact) mass is 382 g/mol. The van der Waals surface area contributed by atoms with Gasteiger partial charge in [0.05, 0.1) is 16.9 Å². The van der Waals surface area contributed by atoms with Gasteiger partial charge in [-0.1, -0.05) is 29.8 Å². The molecule has 0 atom stereocenters. The first-order valence-electron chi connectivity index (χ1n) is 8.65.